The Labute approximate surface area is 130 Å². The summed E-state index contributed by atoms with van der Waals surface area (Å²) in [7, 11) is 0. The highest BCUT2D eigenvalue weighted by Gasteiger charge is 2.23. The largest absolute Gasteiger partial charge is 0.395 e. The first kappa shape index (κ1) is 16.2. The number of aliphatic hydroxyl groups excluding tert-OH is 1. The first-order valence-corrected chi connectivity index (χ1v) is 7.43. The van der Waals surface area contributed by atoms with Crippen LogP contribution in [0.5, 0.6) is 0 Å². The molecular formula is C16H23N5O. The van der Waals surface area contributed by atoms with Crippen molar-refractivity contribution in [1.82, 2.24) is 15.0 Å². The number of hydrogen-bond acceptors (Lipinski definition) is 6. The SMILES string of the molecule is CCC(C)(CO)c1ccc(CCc2nc(N)nc(N)n2)cc1. The third-order valence-electron chi connectivity index (χ3n) is 4.13. The molecule has 6 heteroatoms. The van der Waals surface area contributed by atoms with E-state index in [0.717, 1.165) is 18.4 Å². The number of anilines is 2. The first-order valence-electron chi connectivity index (χ1n) is 7.43. The van der Waals surface area contributed by atoms with Crippen molar-refractivity contribution in [3.8, 4) is 0 Å². The highest BCUT2D eigenvalue weighted by molar-refractivity contribution is 5.30. The molecule has 0 saturated heterocycles. The number of aryl methyl sites for hydroxylation is 2. The van der Waals surface area contributed by atoms with Crippen molar-refractivity contribution < 1.29 is 5.11 Å². The molecule has 0 spiro atoms. The van der Waals surface area contributed by atoms with Crippen molar-refractivity contribution in [2.45, 2.75) is 38.5 Å². The number of nitrogens with zero attached hydrogens (tertiary/aromatic N) is 3. The summed E-state index contributed by atoms with van der Waals surface area (Å²) >= 11 is 0. The van der Waals surface area contributed by atoms with Gasteiger partial charge in [-0.05, 0) is 24.0 Å². The summed E-state index contributed by atoms with van der Waals surface area (Å²) < 4.78 is 0. The smallest absolute Gasteiger partial charge is 0.225 e. The lowest BCUT2D eigenvalue weighted by atomic mass is 9.80. The Hall–Kier alpha value is -2.21. The Morgan fingerprint density at radius 2 is 1.59 bits per heavy atom. The molecule has 6 nitrogen and oxygen atoms in total. The van der Waals surface area contributed by atoms with Crippen LogP contribution in [0.2, 0.25) is 0 Å². The Bertz CT molecular complexity index is 603. The number of nitrogen functional groups attached to an aromatic ring is 2. The Morgan fingerprint density at radius 3 is 2.09 bits per heavy atom. The van der Waals surface area contributed by atoms with E-state index >= 15 is 0 Å². The van der Waals surface area contributed by atoms with Gasteiger partial charge < -0.3 is 16.6 Å². The van der Waals surface area contributed by atoms with E-state index in [1.807, 2.05) is 0 Å². The van der Waals surface area contributed by atoms with Gasteiger partial charge in [-0.15, -0.1) is 0 Å². The predicted molar refractivity (Wildman–Crippen MR) is 87.2 cm³/mol. The van der Waals surface area contributed by atoms with E-state index in [9.17, 15) is 5.11 Å². The van der Waals surface area contributed by atoms with Gasteiger partial charge >= 0.3 is 0 Å². The van der Waals surface area contributed by atoms with Crippen LogP contribution in [0.25, 0.3) is 0 Å². The minimum Gasteiger partial charge on any atom is -0.395 e. The monoisotopic (exact) mass is 301 g/mol. The van der Waals surface area contributed by atoms with Crippen LogP contribution in [0.3, 0.4) is 0 Å². The Morgan fingerprint density at radius 1 is 1.00 bits per heavy atom. The summed E-state index contributed by atoms with van der Waals surface area (Å²) in [5.74, 6) is 0.904. The maximum absolute atomic E-state index is 9.57. The van der Waals surface area contributed by atoms with E-state index in [2.05, 4.69) is 53.1 Å². The fourth-order valence-corrected chi connectivity index (χ4v) is 2.31. The van der Waals surface area contributed by atoms with E-state index in [-0.39, 0.29) is 23.9 Å². The average Bonchev–Trinajstić information content (AvgIpc) is 2.52. The molecular weight excluding hydrogens is 278 g/mol. The molecule has 1 unspecified atom stereocenters. The van der Waals surface area contributed by atoms with Crippen molar-refractivity contribution in [1.29, 1.82) is 0 Å². The van der Waals surface area contributed by atoms with Crippen LogP contribution in [-0.2, 0) is 18.3 Å². The molecule has 0 aliphatic heterocycles. The topological polar surface area (TPSA) is 111 Å². The fourth-order valence-electron chi connectivity index (χ4n) is 2.31. The number of aromatic nitrogens is 3. The molecule has 118 valence electrons. The van der Waals surface area contributed by atoms with E-state index in [4.69, 9.17) is 11.5 Å². The van der Waals surface area contributed by atoms with Crippen LogP contribution in [0.15, 0.2) is 24.3 Å². The summed E-state index contributed by atoms with van der Waals surface area (Å²) in [6.07, 6.45) is 2.35. The van der Waals surface area contributed by atoms with Crippen LogP contribution in [-0.4, -0.2) is 26.7 Å². The summed E-state index contributed by atoms with van der Waals surface area (Å²) in [6, 6.07) is 8.30. The second kappa shape index (κ2) is 6.70. The highest BCUT2D eigenvalue weighted by Crippen LogP contribution is 2.27. The van der Waals surface area contributed by atoms with Crippen molar-refractivity contribution >= 4 is 11.9 Å². The number of aliphatic hydroxyl groups is 1. The molecule has 22 heavy (non-hydrogen) atoms. The molecule has 0 bridgehead atoms. The van der Waals surface area contributed by atoms with E-state index in [1.165, 1.54) is 5.56 Å². The minimum atomic E-state index is -0.185. The van der Waals surface area contributed by atoms with Gasteiger partial charge in [-0.25, -0.2) is 0 Å². The van der Waals surface area contributed by atoms with Crippen LogP contribution in [0.1, 0.15) is 37.2 Å². The van der Waals surface area contributed by atoms with E-state index < -0.39 is 0 Å². The third-order valence-corrected chi connectivity index (χ3v) is 4.13. The van der Waals surface area contributed by atoms with E-state index in [1.54, 1.807) is 0 Å². The van der Waals surface area contributed by atoms with Crippen molar-refractivity contribution in [2.75, 3.05) is 18.1 Å². The molecule has 0 amide bonds. The van der Waals surface area contributed by atoms with Gasteiger partial charge in [0.15, 0.2) is 0 Å². The predicted octanol–water partition coefficient (Wildman–Crippen LogP) is 1.48. The van der Waals surface area contributed by atoms with Crippen LogP contribution < -0.4 is 11.5 Å². The molecule has 1 heterocycles. The zero-order valence-corrected chi connectivity index (χ0v) is 13.1. The normalized spacial score (nSPS) is 13.8. The van der Waals surface area contributed by atoms with Gasteiger partial charge in [0.05, 0.1) is 6.61 Å². The second-order valence-electron chi connectivity index (χ2n) is 5.74. The average molecular weight is 301 g/mol. The maximum atomic E-state index is 9.57. The third kappa shape index (κ3) is 3.71. The molecule has 0 saturated carbocycles. The van der Waals surface area contributed by atoms with Gasteiger partial charge in [0, 0.05) is 11.8 Å². The van der Waals surface area contributed by atoms with Crippen LogP contribution in [0.4, 0.5) is 11.9 Å². The summed E-state index contributed by atoms with van der Waals surface area (Å²) in [5, 5.41) is 9.57. The summed E-state index contributed by atoms with van der Waals surface area (Å²) in [5.41, 5.74) is 13.3. The summed E-state index contributed by atoms with van der Waals surface area (Å²) in [4.78, 5) is 11.9. The molecule has 1 aromatic heterocycles. The number of benzene rings is 1. The van der Waals surface area contributed by atoms with Gasteiger partial charge in [-0.2, -0.15) is 15.0 Å². The Balaban J connectivity index is 2.05. The van der Waals surface area contributed by atoms with Crippen LogP contribution >= 0.6 is 0 Å². The molecule has 1 atom stereocenters. The van der Waals surface area contributed by atoms with Crippen LogP contribution in [0, 0.1) is 0 Å². The van der Waals surface area contributed by atoms with Gasteiger partial charge in [-0.1, -0.05) is 38.1 Å². The van der Waals surface area contributed by atoms with Crippen molar-refractivity contribution in [3.63, 3.8) is 0 Å². The number of hydrogen-bond donors (Lipinski definition) is 3. The molecule has 1 aromatic carbocycles. The maximum Gasteiger partial charge on any atom is 0.225 e. The lowest BCUT2D eigenvalue weighted by Gasteiger charge is -2.26. The molecule has 0 aliphatic carbocycles. The molecule has 2 aromatic rings. The quantitative estimate of drug-likeness (QED) is 0.745. The van der Waals surface area contributed by atoms with E-state index in [0.29, 0.717) is 12.2 Å². The highest BCUT2D eigenvalue weighted by atomic mass is 16.3. The molecule has 2 rings (SSSR count). The van der Waals surface area contributed by atoms with Crippen molar-refractivity contribution in [2.24, 2.45) is 0 Å². The van der Waals surface area contributed by atoms with Gasteiger partial charge in [0.1, 0.15) is 5.82 Å². The standard InChI is InChI=1S/C16H23N5O/c1-3-16(2,10-22)12-7-4-11(5-8-12)6-9-13-19-14(17)21-15(18)20-13/h4-5,7-8,22H,3,6,9-10H2,1-2H3,(H4,17,18,19,20,21). The molecule has 0 fully saturated rings. The molecule has 0 aliphatic rings. The second-order valence-corrected chi connectivity index (χ2v) is 5.74. The molecule has 0 radical (unpaired) electrons. The molecule has 5 N–H and O–H groups in total. The van der Waals surface area contributed by atoms with Gasteiger partial charge in [0.25, 0.3) is 0 Å². The van der Waals surface area contributed by atoms with Crippen molar-refractivity contribution in [3.05, 3.63) is 41.2 Å². The lowest BCUT2D eigenvalue weighted by Crippen LogP contribution is -2.25. The Kier molecular flexibility index (Phi) is 4.92. The number of rotatable bonds is 6. The zero-order valence-electron chi connectivity index (χ0n) is 13.1. The fraction of sp³-hybridized carbons (Fsp3) is 0.438. The summed E-state index contributed by atoms with van der Waals surface area (Å²) in [6.45, 7) is 4.30. The zero-order chi connectivity index (χ0) is 16.2. The first-order chi connectivity index (χ1) is 10.5. The minimum absolute atomic E-state index is 0.145. The lowest BCUT2D eigenvalue weighted by molar-refractivity contribution is 0.201. The van der Waals surface area contributed by atoms with Gasteiger partial charge in [-0.3, -0.25) is 0 Å². The van der Waals surface area contributed by atoms with Gasteiger partial charge in [0.2, 0.25) is 11.9 Å². The number of nitrogens with two attached hydrogens (primary N) is 2.